The number of para-hydroxylation sites is 1. The minimum atomic E-state index is -0.254. The number of hydrogen-bond acceptors (Lipinski definition) is 1. The molecular weight excluding hydrogens is 713 g/mol. The molecule has 1 aromatic heterocycles. The molecule has 0 unspecified atom stereocenters. The fourth-order valence-corrected chi connectivity index (χ4v) is 9.53. The second-order valence-corrected chi connectivity index (χ2v) is 16.1. The Morgan fingerprint density at radius 2 is 0.949 bits per heavy atom. The van der Waals surface area contributed by atoms with Gasteiger partial charge in [0.2, 0.25) is 0 Å². The van der Waals surface area contributed by atoms with Crippen LogP contribution in [0.15, 0.2) is 218 Å². The summed E-state index contributed by atoms with van der Waals surface area (Å²) < 4.78 is 2.49. The van der Waals surface area contributed by atoms with Crippen LogP contribution in [-0.4, -0.2) is 4.57 Å². The largest absolute Gasteiger partial charge is 0.310 e. The molecule has 0 aliphatic heterocycles. The van der Waals surface area contributed by atoms with Gasteiger partial charge in [0, 0.05) is 38.8 Å². The molecule has 1 heterocycles. The molecule has 0 N–H and O–H groups in total. The third kappa shape index (κ3) is 5.71. The van der Waals surface area contributed by atoms with Crippen LogP contribution in [0.2, 0.25) is 0 Å². The zero-order chi connectivity index (χ0) is 39.5. The third-order valence-corrected chi connectivity index (χ3v) is 12.4. The molecule has 0 atom stereocenters. The van der Waals surface area contributed by atoms with Crippen molar-refractivity contribution in [1.82, 2.24) is 4.57 Å². The van der Waals surface area contributed by atoms with Crippen LogP contribution in [0.25, 0.3) is 72.0 Å². The van der Waals surface area contributed by atoms with Gasteiger partial charge in [-0.1, -0.05) is 184 Å². The quantitative estimate of drug-likeness (QED) is 0.157. The van der Waals surface area contributed by atoms with Gasteiger partial charge in [-0.2, -0.15) is 0 Å². The second kappa shape index (κ2) is 13.9. The fraction of sp³-hybridized carbons (Fsp3) is 0.0526. The van der Waals surface area contributed by atoms with E-state index in [1.807, 2.05) is 0 Å². The van der Waals surface area contributed by atoms with Gasteiger partial charge in [0.05, 0.1) is 16.9 Å². The van der Waals surface area contributed by atoms with Crippen molar-refractivity contribution in [3.8, 4) is 50.3 Å². The van der Waals surface area contributed by atoms with Crippen molar-refractivity contribution in [2.45, 2.75) is 19.3 Å². The Hall–Kier alpha value is -7.42. The highest BCUT2D eigenvalue weighted by atomic mass is 15.1. The molecule has 11 rings (SSSR count). The molecule has 0 amide bonds. The van der Waals surface area contributed by atoms with Gasteiger partial charge >= 0.3 is 0 Å². The Balaban J connectivity index is 1.07. The molecule has 2 heteroatoms. The Labute approximate surface area is 345 Å². The minimum Gasteiger partial charge on any atom is -0.310 e. The first-order valence-corrected chi connectivity index (χ1v) is 20.5. The maximum Gasteiger partial charge on any atom is 0.0619 e. The van der Waals surface area contributed by atoms with Gasteiger partial charge in [0.25, 0.3) is 0 Å². The van der Waals surface area contributed by atoms with E-state index < -0.39 is 0 Å². The lowest BCUT2D eigenvalue weighted by Gasteiger charge is -2.29. The van der Waals surface area contributed by atoms with Crippen LogP contribution in [0.5, 0.6) is 0 Å². The molecule has 59 heavy (non-hydrogen) atoms. The Morgan fingerprint density at radius 1 is 0.407 bits per heavy atom. The molecule has 0 radical (unpaired) electrons. The van der Waals surface area contributed by atoms with Crippen molar-refractivity contribution < 1.29 is 0 Å². The normalized spacial score (nSPS) is 12.7. The highest BCUT2D eigenvalue weighted by Gasteiger charge is 2.37. The first kappa shape index (κ1) is 34.8. The Morgan fingerprint density at radius 3 is 1.68 bits per heavy atom. The molecule has 2 nitrogen and oxygen atoms in total. The number of rotatable bonds is 7. The number of hydrogen-bond donors (Lipinski definition) is 0. The SMILES string of the molecule is CC1(C)c2cc(N(c3ccc(-c4ccccc4)cc3)c3cccc4ccccc34)ccc2-c2ccc(-n3c(-c4ccccc4)c(-c4ccccc4)c4ccccc43)cc21. The van der Waals surface area contributed by atoms with E-state index in [1.165, 1.54) is 77.4 Å². The van der Waals surface area contributed by atoms with Crippen molar-refractivity contribution in [1.29, 1.82) is 0 Å². The molecule has 1 aliphatic rings. The number of aromatic nitrogens is 1. The van der Waals surface area contributed by atoms with Gasteiger partial charge in [-0.25, -0.2) is 0 Å². The van der Waals surface area contributed by atoms with E-state index in [4.69, 9.17) is 0 Å². The van der Waals surface area contributed by atoms with Gasteiger partial charge in [0.15, 0.2) is 0 Å². The van der Waals surface area contributed by atoms with Crippen LogP contribution in [0.3, 0.4) is 0 Å². The molecule has 0 saturated heterocycles. The molecule has 0 bridgehead atoms. The topological polar surface area (TPSA) is 8.17 Å². The molecule has 0 spiro atoms. The predicted octanol–water partition coefficient (Wildman–Crippen LogP) is 15.6. The second-order valence-electron chi connectivity index (χ2n) is 16.1. The van der Waals surface area contributed by atoms with Crippen LogP contribution < -0.4 is 4.90 Å². The number of nitrogens with zero attached hydrogens (tertiary/aromatic N) is 2. The summed E-state index contributed by atoms with van der Waals surface area (Å²) in [7, 11) is 0. The van der Waals surface area contributed by atoms with E-state index in [0.29, 0.717) is 0 Å². The van der Waals surface area contributed by atoms with Gasteiger partial charge in [0.1, 0.15) is 0 Å². The van der Waals surface area contributed by atoms with Crippen molar-refractivity contribution >= 4 is 38.7 Å². The lowest BCUT2D eigenvalue weighted by atomic mass is 9.82. The Bertz CT molecular complexity index is 3150. The summed E-state index contributed by atoms with van der Waals surface area (Å²) in [5, 5.41) is 3.69. The van der Waals surface area contributed by atoms with Crippen molar-refractivity contribution in [2.24, 2.45) is 0 Å². The number of benzene rings is 9. The van der Waals surface area contributed by atoms with Gasteiger partial charge in [-0.15, -0.1) is 0 Å². The minimum absolute atomic E-state index is 0.254. The number of fused-ring (bicyclic) bond motifs is 5. The average molecular weight is 755 g/mol. The third-order valence-electron chi connectivity index (χ3n) is 12.4. The van der Waals surface area contributed by atoms with Gasteiger partial charge in [-0.05, 0) is 98.4 Å². The molecular formula is C57H42N2. The van der Waals surface area contributed by atoms with Gasteiger partial charge < -0.3 is 9.47 Å². The Kier molecular flexibility index (Phi) is 8.20. The average Bonchev–Trinajstić information content (AvgIpc) is 3.76. The van der Waals surface area contributed by atoms with Crippen LogP contribution in [-0.2, 0) is 5.41 Å². The van der Waals surface area contributed by atoms with Crippen molar-refractivity contribution in [3.63, 3.8) is 0 Å². The maximum absolute atomic E-state index is 2.49. The standard InChI is InChI=1S/C57H42N2/c1-57(2)51-37-45(58(53-28-16-24-41-19-12-13-25-47(41)53)44-31-29-40(30-32-44)39-17-6-3-7-18-39)33-35-48(51)49-36-34-46(38-52(49)57)59-54-27-15-14-26-50(54)55(42-20-8-4-9-21-42)56(59)43-22-10-5-11-23-43/h3-38H,1-2H3. The van der Waals surface area contributed by atoms with Crippen molar-refractivity contribution in [3.05, 3.63) is 230 Å². The molecule has 1 aliphatic carbocycles. The summed E-state index contributed by atoms with van der Waals surface area (Å²) in [6, 6.07) is 79.8. The van der Waals surface area contributed by atoms with E-state index >= 15 is 0 Å². The van der Waals surface area contributed by atoms with Crippen LogP contribution in [0, 0.1) is 0 Å². The van der Waals surface area contributed by atoms with Crippen LogP contribution in [0.1, 0.15) is 25.0 Å². The lowest BCUT2D eigenvalue weighted by molar-refractivity contribution is 0.660. The zero-order valence-electron chi connectivity index (χ0n) is 33.2. The highest BCUT2D eigenvalue weighted by Crippen LogP contribution is 2.52. The molecule has 9 aromatic carbocycles. The molecule has 0 fully saturated rings. The van der Waals surface area contributed by atoms with E-state index in [9.17, 15) is 0 Å². The highest BCUT2D eigenvalue weighted by molar-refractivity contribution is 6.06. The smallest absolute Gasteiger partial charge is 0.0619 e. The summed E-state index contributed by atoms with van der Waals surface area (Å²) in [4.78, 5) is 2.44. The van der Waals surface area contributed by atoms with Crippen molar-refractivity contribution in [2.75, 3.05) is 4.90 Å². The van der Waals surface area contributed by atoms with E-state index in [2.05, 4.69) is 242 Å². The van der Waals surface area contributed by atoms with E-state index in [0.717, 1.165) is 22.7 Å². The molecule has 10 aromatic rings. The van der Waals surface area contributed by atoms with Crippen LogP contribution >= 0.6 is 0 Å². The summed E-state index contributed by atoms with van der Waals surface area (Å²) in [5.41, 5.74) is 18.1. The summed E-state index contributed by atoms with van der Waals surface area (Å²) in [6.07, 6.45) is 0. The molecule has 280 valence electrons. The summed E-state index contributed by atoms with van der Waals surface area (Å²) >= 11 is 0. The predicted molar refractivity (Wildman–Crippen MR) is 249 cm³/mol. The summed E-state index contributed by atoms with van der Waals surface area (Å²) in [6.45, 7) is 4.78. The molecule has 0 saturated carbocycles. The first-order chi connectivity index (χ1) is 29.0. The number of anilines is 3. The van der Waals surface area contributed by atoms with E-state index in [-0.39, 0.29) is 5.41 Å². The summed E-state index contributed by atoms with van der Waals surface area (Å²) in [5.74, 6) is 0. The van der Waals surface area contributed by atoms with Crippen LogP contribution in [0.4, 0.5) is 17.1 Å². The fourth-order valence-electron chi connectivity index (χ4n) is 9.53. The van der Waals surface area contributed by atoms with Gasteiger partial charge in [-0.3, -0.25) is 0 Å². The zero-order valence-corrected chi connectivity index (χ0v) is 33.2. The monoisotopic (exact) mass is 754 g/mol. The maximum atomic E-state index is 2.49. The lowest BCUT2D eigenvalue weighted by Crippen LogP contribution is -2.17. The van der Waals surface area contributed by atoms with E-state index in [1.54, 1.807) is 0 Å². The first-order valence-electron chi connectivity index (χ1n) is 20.5.